The molecule has 0 radical (unpaired) electrons. The first-order valence-corrected chi connectivity index (χ1v) is 8.00. The molecule has 1 N–H and O–H groups in total. The highest BCUT2D eigenvalue weighted by atomic mass is 19.1. The number of benzene rings is 1. The maximum atomic E-state index is 13.9. The Morgan fingerprint density at radius 3 is 2.22 bits per heavy atom. The smallest absolute Gasteiger partial charge is 0.240 e. The number of carbonyl (C=O) groups excluding carboxylic acids is 2. The summed E-state index contributed by atoms with van der Waals surface area (Å²) >= 11 is 0. The van der Waals surface area contributed by atoms with E-state index in [4.69, 9.17) is 0 Å². The molecule has 1 saturated carbocycles. The third kappa shape index (κ3) is 4.74. The SMILES string of the molecule is CC(=O)N(CC(=O)NC1CCCCCC1)c1c(F)cccc1F. The molecule has 2 amide bonds. The van der Waals surface area contributed by atoms with E-state index in [0.717, 1.165) is 55.6 Å². The quantitative estimate of drug-likeness (QED) is 0.865. The van der Waals surface area contributed by atoms with E-state index in [9.17, 15) is 18.4 Å². The summed E-state index contributed by atoms with van der Waals surface area (Å²) in [6.07, 6.45) is 6.24. The van der Waals surface area contributed by atoms with Gasteiger partial charge in [-0.15, -0.1) is 0 Å². The second kappa shape index (κ2) is 8.04. The summed E-state index contributed by atoms with van der Waals surface area (Å²) in [7, 11) is 0. The molecular weight excluding hydrogens is 302 g/mol. The van der Waals surface area contributed by atoms with Crippen LogP contribution in [0.2, 0.25) is 0 Å². The largest absolute Gasteiger partial charge is 0.352 e. The van der Waals surface area contributed by atoms with Gasteiger partial charge in [-0.25, -0.2) is 8.78 Å². The molecule has 2 rings (SSSR count). The van der Waals surface area contributed by atoms with E-state index >= 15 is 0 Å². The highest BCUT2D eigenvalue weighted by Crippen LogP contribution is 2.23. The van der Waals surface area contributed by atoms with Crippen LogP contribution in [-0.2, 0) is 9.59 Å². The Kier molecular flexibility index (Phi) is 6.07. The third-order valence-electron chi connectivity index (χ3n) is 4.11. The fourth-order valence-electron chi connectivity index (χ4n) is 2.94. The topological polar surface area (TPSA) is 49.4 Å². The van der Waals surface area contributed by atoms with Gasteiger partial charge in [-0.3, -0.25) is 14.5 Å². The van der Waals surface area contributed by atoms with Crippen molar-refractivity contribution in [3.05, 3.63) is 29.8 Å². The minimum absolute atomic E-state index is 0.0734. The van der Waals surface area contributed by atoms with E-state index in [1.165, 1.54) is 13.0 Å². The number of para-hydroxylation sites is 1. The Bertz CT molecular complexity index is 549. The molecular formula is C17H22F2N2O2. The summed E-state index contributed by atoms with van der Waals surface area (Å²) in [5.74, 6) is -2.69. The van der Waals surface area contributed by atoms with Crippen LogP contribution >= 0.6 is 0 Å². The molecule has 0 heterocycles. The molecule has 1 aromatic rings. The number of halogens is 2. The average Bonchev–Trinajstić information content (AvgIpc) is 2.74. The lowest BCUT2D eigenvalue weighted by molar-refractivity contribution is -0.123. The Balaban J connectivity index is 2.07. The zero-order valence-corrected chi connectivity index (χ0v) is 13.3. The minimum atomic E-state index is -0.859. The molecule has 4 nitrogen and oxygen atoms in total. The van der Waals surface area contributed by atoms with E-state index in [1.807, 2.05) is 0 Å². The monoisotopic (exact) mass is 324 g/mol. The van der Waals surface area contributed by atoms with Crippen LogP contribution in [0.4, 0.5) is 14.5 Å². The normalized spacial score (nSPS) is 15.8. The molecule has 1 fully saturated rings. The Hall–Kier alpha value is -1.98. The predicted molar refractivity (Wildman–Crippen MR) is 84.0 cm³/mol. The van der Waals surface area contributed by atoms with Crippen LogP contribution < -0.4 is 10.2 Å². The molecule has 0 spiro atoms. The predicted octanol–water partition coefficient (Wildman–Crippen LogP) is 3.16. The van der Waals surface area contributed by atoms with Crippen molar-refractivity contribution in [1.82, 2.24) is 5.32 Å². The average molecular weight is 324 g/mol. The van der Waals surface area contributed by atoms with Crippen molar-refractivity contribution >= 4 is 17.5 Å². The first-order chi connectivity index (χ1) is 11.0. The Labute approximate surface area is 134 Å². The second-order valence-corrected chi connectivity index (χ2v) is 5.93. The molecule has 1 aromatic carbocycles. The lowest BCUT2D eigenvalue weighted by Crippen LogP contribution is -2.44. The first-order valence-electron chi connectivity index (χ1n) is 8.00. The van der Waals surface area contributed by atoms with Gasteiger partial charge in [-0.1, -0.05) is 31.7 Å². The minimum Gasteiger partial charge on any atom is -0.352 e. The molecule has 0 saturated heterocycles. The number of hydrogen-bond acceptors (Lipinski definition) is 2. The summed E-state index contributed by atoms with van der Waals surface area (Å²) in [6.45, 7) is 0.800. The van der Waals surface area contributed by atoms with Gasteiger partial charge in [-0.2, -0.15) is 0 Å². The molecule has 0 bridgehead atoms. The van der Waals surface area contributed by atoms with Crippen molar-refractivity contribution in [3.63, 3.8) is 0 Å². The van der Waals surface area contributed by atoms with Crippen molar-refractivity contribution in [2.75, 3.05) is 11.4 Å². The van der Waals surface area contributed by atoms with Crippen LogP contribution in [0, 0.1) is 11.6 Å². The Morgan fingerprint density at radius 1 is 1.13 bits per heavy atom. The van der Waals surface area contributed by atoms with Crippen molar-refractivity contribution in [3.8, 4) is 0 Å². The highest BCUT2D eigenvalue weighted by molar-refractivity contribution is 5.97. The van der Waals surface area contributed by atoms with Crippen LogP contribution in [0.5, 0.6) is 0 Å². The van der Waals surface area contributed by atoms with Gasteiger partial charge in [0.2, 0.25) is 11.8 Å². The van der Waals surface area contributed by atoms with Crippen LogP contribution in [0.15, 0.2) is 18.2 Å². The zero-order valence-electron chi connectivity index (χ0n) is 13.3. The van der Waals surface area contributed by atoms with E-state index in [0.29, 0.717) is 0 Å². The highest BCUT2D eigenvalue weighted by Gasteiger charge is 2.24. The summed E-state index contributed by atoms with van der Waals surface area (Å²) in [5.41, 5.74) is -0.476. The van der Waals surface area contributed by atoms with Crippen LogP contribution in [0.1, 0.15) is 45.4 Å². The molecule has 126 valence electrons. The molecule has 0 unspecified atom stereocenters. The summed E-state index contributed by atoms with van der Waals surface area (Å²) in [6, 6.07) is 3.43. The van der Waals surface area contributed by atoms with Crippen LogP contribution in [-0.4, -0.2) is 24.4 Å². The number of carbonyl (C=O) groups is 2. The van der Waals surface area contributed by atoms with Crippen molar-refractivity contribution < 1.29 is 18.4 Å². The van der Waals surface area contributed by atoms with Crippen molar-refractivity contribution in [1.29, 1.82) is 0 Å². The van der Waals surface area contributed by atoms with Crippen LogP contribution in [0.3, 0.4) is 0 Å². The van der Waals surface area contributed by atoms with E-state index in [1.54, 1.807) is 0 Å². The molecule has 23 heavy (non-hydrogen) atoms. The molecule has 0 atom stereocenters. The standard InChI is InChI=1S/C17H22F2N2O2/c1-12(22)21(17-14(18)9-6-10-15(17)19)11-16(23)20-13-7-4-2-3-5-8-13/h6,9-10,13H,2-5,7-8,11H2,1H3,(H,20,23). The van der Waals surface area contributed by atoms with E-state index < -0.39 is 29.1 Å². The molecule has 6 heteroatoms. The molecule has 0 aromatic heterocycles. The maximum absolute atomic E-state index is 13.9. The van der Waals surface area contributed by atoms with Gasteiger partial charge in [0.25, 0.3) is 0 Å². The van der Waals surface area contributed by atoms with Gasteiger partial charge < -0.3 is 5.32 Å². The number of hydrogen-bond donors (Lipinski definition) is 1. The third-order valence-corrected chi connectivity index (χ3v) is 4.11. The van der Waals surface area contributed by atoms with Gasteiger partial charge >= 0.3 is 0 Å². The first kappa shape index (κ1) is 17.4. The summed E-state index contributed by atoms with van der Waals surface area (Å²) in [4.78, 5) is 24.8. The Morgan fingerprint density at radius 2 is 1.70 bits per heavy atom. The van der Waals surface area contributed by atoms with E-state index in [-0.39, 0.29) is 12.6 Å². The summed E-state index contributed by atoms with van der Waals surface area (Å²) < 4.78 is 27.7. The van der Waals surface area contributed by atoms with Gasteiger partial charge in [-0.05, 0) is 25.0 Å². The maximum Gasteiger partial charge on any atom is 0.240 e. The number of nitrogens with zero attached hydrogens (tertiary/aromatic N) is 1. The molecule has 1 aliphatic rings. The van der Waals surface area contributed by atoms with Gasteiger partial charge in [0.05, 0.1) is 0 Å². The molecule has 0 aliphatic heterocycles. The van der Waals surface area contributed by atoms with Gasteiger partial charge in [0, 0.05) is 13.0 Å². The van der Waals surface area contributed by atoms with Crippen molar-refractivity contribution in [2.24, 2.45) is 0 Å². The van der Waals surface area contributed by atoms with E-state index in [2.05, 4.69) is 5.32 Å². The zero-order chi connectivity index (χ0) is 16.8. The summed E-state index contributed by atoms with van der Waals surface area (Å²) in [5, 5.41) is 2.88. The number of amides is 2. The number of nitrogens with one attached hydrogen (secondary N) is 1. The fourth-order valence-corrected chi connectivity index (χ4v) is 2.94. The van der Waals surface area contributed by atoms with Crippen LogP contribution in [0.25, 0.3) is 0 Å². The van der Waals surface area contributed by atoms with Crippen molar-refractivity contribution in [2.45, 2.75) is 51.5 Å². The lowest BCUT2D eigenvalue weighted by Gasteiger charge is -2.23. The van der Waals surface area contributed by atoms with Gasteiger partial charge in [0.15, 0.2) is 0 Å². The fraction of sp³-hybridized carbons (Fsp3) is 0.529. The lowest BCUT2D eigenvalue weighted by atomic mass is 10.1. The number of anilines is 1. The number of rotatable bonds is 4. The second-order valence-electron chi connectivity index (χ2n) is 5.93. The molecule has 1 aliphatic carbocycles. The van der Waals surface area contributed by atoms with Gasteiger partial charge in [0.1, 0.15) is 23.9 Å².